The molecule has 2 atom stereocenters. The molecule has 2 rings (SSSR count). The number of hydrogen-bond donors (Lipinski definition) is 1. The molecule has 2 unspecified atom stereocenters. The fraction of sp³-hybridized carbons (Fsp3) is 1.00. The quantitative estimate of drug-likeness (QED) is 0.432. The van der Waals surface area contributed by atoms with E-state index in [4.69, 9.17) is 5.84 Å². The van der Waals surface area contributed by atoms with Crippen molar-refractivity contribution in [3.8, 4) is 0 Å². The molecule has 0 spiro atoms. The van der Waals surface area contributed by atoms with Crippen molar-refractivity contribution in [2.75, 3.05) is 0 Å². The van der Waals surface area contributed by atoms with Crippen LogP contribution in [0.5, 0.6) is 0 Å². The van der Waals surface area contributed by atoms with Gasteiger partial charge in [-0.05, 0) is 25.7 Å². The molecule has 0 amide bonds. The van der Waals surface area contributed by atoms with Crippen LogP contribution in [-0.2, 0) is 0 Å². The molecule has 2 aliphatic heterocycles. The molecule has 2 N–H and O–H groups in total. The molecule has 4 heteroatoms. The second-order valence-corrected chi connectivity index (χ2v) is 3.43. The van der Waals surface area contributed by atoms with Crippen molar-refractivity contribution in [3.63, 3.8) is 0 Å². The first-order chi connectivity index (χ1) is 4.77. The fourth-order valence-electron chi connectivity index (χ4n) is 2.16. The van der Waals surface area contributed by atoms with Gasteiger partial charge in [0.05, 0.1) is 0 Å². The summed E-state index contributed by atoms with van der Waals surface area (Å²) in [5.41, 5.74) is 0. The van der Waals surface area contributed by atoms with Crippen LogP contribution in [-0.4, -0.2) is 23.2 Å². The average Bonchev–Trinajstić information content (AvgIpc) is 2.20. The topological polar surface area (TPSA) is 52.3 Å². The van der Waals surface area contributed by atoms with Crippen molar-refractivity contribution < 1.29 is 63.3 Å². The number of fused-ring (bicyclic) bond motifs is 2. The summed E-state index contributed by atoms with van der Waals surface area (Å²) in [6.07, 6.45) is 3.48. The van der Waals surface area contributed by atoms with Gasteiger partial charge in [-0.2, -0.15) is 0 Å². The molecular weight excluding hydrogens is 214 g/mol. The van der Waals surface area contributed by atoms with Crippen LogP contribution >= 0.6 is 0 Å². The Kier molecular flexibility index (Phi) is 4.17. The van der Waals surface area contributed by atoms with Gasteiger partial charge in [-0.1, -0.05) is 0 Å². The molecule has 11 heavy (non-hydrogen) atoms. The van der Waals surface area contributed by atoms with Gasteiger partial charge in [-0.3, -0.25) is 5.84 Å². The van der Waals surface area contributed by atoms with E-state index in [2.05, 4.69) is 0 Å². The Bertz CT molecular complexity index is 130. The Morgan fingerprint density at radius 2 is 1.64 bits per heavy atom. The van der Waals surface area contributed by atoms with Gasteiger partial charge in [-0.25, -0.2) is 5.01 Å². The maximum Gasteiger partial charge on any atom is 1.00 e. The van der Waals surface area contributed by atoms with Crippen LogP contribution in [0, 0.1) is 0 Å². The molecule has 2 saturated heterocycles. The smallest absolute Gasteiger partial charge is 0.852 e. The van der Waals surface area contributed by atoms with Gasteiger partial charge in [-0.15, -0.1) is 6.10 Å². The summed E-state index contributed by atoms with van der Waals surface area (Å²) in [7, 11) is 0. The summed E-state index contributed by atoms with van der Waals surface area (Å²) in [4.78, 5) is 0. The van der Waals surface area contributed by atoms with Crippen LogP contribution in [0.2, 0.25) is 0 Å². The normalized spacial score (nSPS) is 43.6. The molecule has 0 aromatic rings. The number of rotatable bonds is 0. The summed E-state index contributed by atoms with van der Waals surface area (Å²) in [5, 5.41) is 13.0. The molecule has 0 radical (unpaired) electrons. The SMILES string of the molecule is NN1C2CCC1CC([O-])C2.[Rb+]. The van der Waals surface area contributed by atoms with E-state index in [0.29, 0.717) is 12.1 Å². The van der Waals surface area contributed by atoms with Crippen LogP contribution in [0.4, 0.5) is 0 Å². The summed E-state index contributed by atoms with van der Waals surface area (Å²) in [5.74, 6) is 5.74. The predicted molar refractivity (Wildman–Crippen MR) is 35.9 cm³/mol. The molecular formula is C7H13N2ORb. The zero-order chi connectivity index (χ0) is 7.14. The third-order valence-corrected chi connectivity index (χ3v) is 2.75. The third kappa shape index (κ3) is 2.13. The largest absolute Gasteiger partial charge is 1.00 e. The molecule has 0 aliphatic carbocycles. The minimum absolute atomic E-state index is 0. The van der Waals surface area contributed by atoms with Crippen LogP contribution < -0.4 is 69.1 Å². The van der Waals surface area contributed by atoms with E-state index in [1.54, 1.807) is 0 Å². The maximum absolute atomic E-state index is 11.1. The van der Waals surface area contributed by atoms with E-state index < -0.39 is 0 Å². The Labute approximate surface area is 116 Å². The summed E-state index contributed by atoms with van der Waals surface area (Å²) >= 11 is 0. The van der Waals surface area contributed by atoms with E-state index in [0.717, 1.165) is 25.7 Å². The van der Waals surface area contributed by atoms with Gasteiger partial charge in [0.25, 0.3) is 0 Å². The molecule has 58 valence electrons. The maximum atomic E-state index is 11.1. The third-order valence-electron chi connectivity index (χ3n) is 2.75. The number of nitrogens with two attached hydrogens (primary N) is 1. The number of nitrogens with zero attached hydrogens (tertiary/aromatic N) is 1. The number of piperidine rings is 1. The number of hydrogen-bond acceptors (Lipinski definition) is 3. The Morgan fingerprint density at radius 3 is 2.09 bits per heavy atom. The molecule has 3 nitrogen and oxygen atoms in total. The average molecular weight is 227 g/mol. The first kappa shape index (κ1) is 10.8. The van der Waals surface area contributed by atoms with E-state index >= 15 is 0 Å². The van der Waals surface area contributed by atoms with Gasteiger partial charge in [0, 0.05) is 12.1 Å². The Morgan fingerprint density at radius 1 is 1.18 bits per heavy atom. The second kappa shape index (κ2) is 4.27. The van der Waals surface area contributed by atoms with Crippen molar-refractivity contribution in [1.82, 2.24) is 5.01 Å². The Balaban J connectivity index is 0.000000605. The van der Waals surface area contributed by atoms with Crippen LogP contribution in [0.25, 0.3) is 0 Å². The first-order valence-electron chi connectivity index (χ1n) is 3.96. The van der Waals surface area contributed by atoms with Crippen LogP contribution in [0.15, 0.2) is 0 Å². The monoisotopic (exact) mass is 226 g/mol. The first-order valence-corrected chi connectivity index (χ1v) is 3.96. The molecule has 0 aromatic carbocycles. The zero-order valence-corrected chi connectivity index (χ0v) is 11.9. The molecule has 0 saturated carbocycles. The van der Waals surface area contributed by atoms with Crippen molar-refractivity contribution in [3.05, 3.63) is 0 Å². The minimum Gasteiger partial charge on any atom is -0.852 e. The van der Waals surface area contributed by atoms with Gasteiger partial charge in [0.1, 0.15) is 0 Å². The summed E-state index contributed by atoms with van der Waals surface area (Å²) in [6.45, 7) is 0. The standard InChI is InChI=1S/C7H13N2O.Rb/c8-9-5-1-2-6(9)4-7(10)3-5;/h5-7H,1-4,8H2;/q-1;+1. The van der Waals surface area contributed by atoms with E-state index in [1.165, 1.54) is 0 Å². The summed E-state index contributed by atoms with van der Waals surface area (Å²) < 4.78 is 0. The predicted octanol–water partition coefficient (Wildman–Crippen LogP) is -3.78. The number of hydrazine groups is 1. The van der Waals surface area contributed by atoms with Crippen LogP contribution in [0.1, 0.15) is 25.7 Å². The second-order valence-electron chi connectivity index (χ2n) is 3.43. The van der Waals surface area contributed by atoms with E-state index in [1.807, 2.05) is 5.01 Å². The molecule has 2 heterocycles. The van der Waals surface area contributed by atoms with Crippen molar-refractivity contribution >= 4 is 0 Å². The van der Waals surface area contributed by atoms with Gasteiger partial charge in [0.2, 0.25) is 0 Å². The van der Waals surface area contributed by atoms with Gasteiger partial charge < -0.3 is 5.11 Å². The Hall–Kier alpha value is 1.69. The minimum atomic E-state index is -0.336. The van der Waals surface area contributed by atoms with E-state index in [9.17, 15) is 5.11 Å². The van der Waals surface area contributed by atoms with Crippen molar-refractivity contribution in [2.24, 2.45) is 5.84 Å². The molecule has 2 fully saturated rings. The van der Waals surface area contributed by atoms with Crippen molar-refractivity contribution in [2.45, 2.75) is 43.9 Å². The van der Waals surface area contributed by atoms with E-state index in [-0.39, 0.29) is 64.3 Å². The molecule has 2 bridgehead atoms. The van der Waals surface area contributed by atoms with Crippen molar-refractivity contribution in [1.29, 1.82) is 0 Å². The molecule has 2 aliphatic rings. The molecule has 0 aromatic heterocycles. The van der Waals surface area contributed by atoms with Gasteiger partial charge in [0.15, 0.2) is 0 Å². The summed E-state index contributed by atoms with van der Waals surface area (Å²) in [6, 6.07) is 0.808. The zero-order valence-electron chi connectivity index (χ0n) is 6.99. The fourth-order valence-corrected chi connectivity index (χ4v) is 2.16. The van der Waals surface area contributed by atoms with Gasteiger partial charge >= 0.3 is 58.2 Å². The van der Waals surface area contributed by atoms with Crippen LogP contribution in [0.3, 0.4) is 0 Å².